The SMILES string of the molecule is CC[C@H](C(=O)O)c1coc2ccccc12. The maximum absolute atomic E-state index is 11.0. The molecule has 1 heterocycles. The molecule has 1 atom stereocenters. The number of carboxylic acids is 1. The third kappa shape index (κ3) is 1.61. The summed E-state index contributed by atoms with van der Waals surface area (Å²) < 4.78 is 5.32. The lowest BCUT2D eigenvalue weighted by molar-refractivity contribution is -0.138. The molecule has 0 saturated carbocycles. The van der Waals surface area contributed by atoms with Crippen molar-refractivity contribution < 1.29 is 14.3 Å². The minimum absolute atomic E-state index is 0.478. The predicted octanol–water partition coefficient (Wildman–Crippen LogP) is 3.01. The van der Waals surface area contributed by atoms with Crippen LogP contribution < -0.4 is 0 Å². The quantitative estimate of drug-likeness (QED) is 0.836. The topological polar surface area (TPSA) is 50.4 Å². The number of carboxylic acid groups (broad SMARTS) is 1. The van der Waals surface area contributed by atoms with Gasteiger partial charge in [-0.2, -0.15) is 0 Å². The number of fused-ring (bicyclic) bond motifs is 1. The zero-order chi connectivity index (χ0) is 10.8. The molecule has 3 nitrogen and oxygen atoms in total. The Labute approximate surface area is 87.3 Å². The van der Waals surface area contributed by atoms with Gasteiger partial charge in [0.15, 0.2) is 0 Å². The summed E-state index contributed by atoms with van der Waals surface area (Å²) in [5.41, 5.74) is 1.51. The first kappa shape index (κ1) is 9.77. The molecule has 0 aliphatic carbocycles. The van der Waals surface area contributed by atoms with Gasteiger partial charge >= 0.3 is 5.97 Å². The Kier molecular flexibility index (Phi) is 2.46. The molecule has 0 aliphatic rings. The van der Waals surface area contributed by atoms with Crippen molar-refractivity contribution in [2.75, 3.05) is 0 Å². The normalized spacial score (nSPS) is 12.9. The molecule has 15 heavy (non-hydrogen) atoms. The predicted molar refractivity (Wildman–Crippen MR) is 56.9 cm³/mol. The number of rotatable bonds is 3. The van der Waals surface area contributed by atoms with Crippen molar-refractivity contribution in [1.82, 2.24) is 0 Å². The molecule has 0 bridgehead atoms. The van der Waals surface area contributed by atoms with Gasteiger partial charge in [-0.1, -0.05) is 25.1 Å². The lowest BCUT2D eigenvalue weighted by Gasteiger charge is -2.06. The van der Waals surface area contributed by atoms with E-state index in [2.05, 4.69) is 0 Å². The molecule has 0 fully saturated rings. The summed E-state index contributed by atoms with van der Waals surface area (Å²) in [6.45, 7) is 1.86. The smallest absolute Gasteiger partial charge is 0.311 e. The third-order valence-electron chi connectivity index (χ3n) is 2.59. The first-order valence-electron chi connectivity index (χ1n) is 4.93. The Morgan fingerprint density at radius 1 is 1.47 bits per heavy atom. The first-order chi connectivity index (χ1) is 7.24. The molecule has 0 aliphatic heterocycles. The molecular formula is C12H12O3. The second kappa shape index (κ2) is 3.77. The van der Waals surface area contributed by atoms with Crippen molar-refractivity contribution in [3.8, 4) is 0 Å². The minimum Gasteiger partial charge on any atom is -0.481 e. The number of benzene rings is 1. The average Bonchev–Trinajstić information content (AvgIpc) is 2.63. The highest BCUT2D eigenvalue weighted by molar-refractivity contribution is 5.87. The second-order valence-corrected chi connectivity index (χ2v) is 3.49. The number of hydrogen-bond acceptors (Lipinski definition) is 2. The molecule has 0 unspecified atom stereocenters. The van der Waals surface area contributed by atoms with Crippen LogP contribution in [0.5, 0.6) is 0 Å². The van der Waals surface area contributed by atoms with Crippen LogP contribution in [0, 0.1) is 0 Å². The molecule has 0 spiro atoms. The molecule has 3 heteroatoms. The van der Waals surface area contributed by atoms with E-state index in [-0.39, 0.29) is 0 Å². The van der Waals surface area contributed by atoms with Crippen LogP contribution in [0.2, 0.25) is 0 Å². The largest absolute Gasteiger partial charge is 0.481 e. The van der Waals surface area contributed by atoms with Crippen LogP contribution in [0.1, 0.15) is 24.8 Å². The molecule has 2 rings (SSSR count). The summed E-state index contributed by atoms with van der Waals surface area (Å²) >= 11 is 0. The first-order valence-corrected chi connectivity index (χ1v) is 4.93. The van der Waals surface area contributed by atoms with Crippen LogP contribution in [-0.2, 0) is 4.79 Å². The van der Waals surface area contributed by atoms with Gasteiger partial charge in [0.2, 0.25) is 0 Å². The molecule has 0 radical (unpaired) electrons. The van der Waals surface area contributed by atoms with Gasteiger partial charge in [-0.05, 0) is 12.5 Å². The van der Waals surface area contributed by atoms with Gasteiger partial charge in [-0.25, -0.2) is 0 Å². The molecule has 2 aromatic rings. The highest BCUT2D eigenvalue weighted by Crippen LogP contribution is 2.29. The summed E-state index contributed by atoms with van der Waals surface area (Å²) in [7, 11) is 0. The van der Waals surface area contributed by atoms with Crippen molar-refractivity contribution >= 4 is 16.9 Å². The maximum atomic E-state index is 11.0. The van der Waals surface area contributed by atoms with E-state index in [0.29, 0.717) is 6.42 Å². The maximum Gasteiger partial charge on any atom is 0.311 e. The van der Waals surface area contributed by atoms with Crippen LogP contribution in [0.3, 0.4) is 0 Å². The number of hydrogen-bond donors (Lipinski definition) is 1. The van der Waals surface area contributed by atoms with Gasteiger partial charge in [0, 0.05) is 10.9 Å². The third-order valence-corrected chi connectivity index (χ3v) is 2.59. The van der Waals surface area contributed by atoms with Gasteiger partial charge in [0.25, 0.3) is 0 Å². The van der Waals surface area contributed by atoms with Gasteiger partial charge in [-0.3, -0.25) is 4.79 Å². The van der Waals surface area contributed by atoms with Crippen molar-refractivity contribution in [1.29, 1.82) is 0 Å². The van der Waals surface area contributed by atoms with Crippen molar-refractivity contribution in [3.63, 3.8) is 0 Å². The summed E-state index contributed by atoms with van der Waals surface area (Å²) in [6.07, 6.45) is 2.12. The highest BCUT2D eigenvalue weighted by atomic mass is 16.4. The van der Waals surface area contributed by atoms with Crippen LogP contribution in [0.4, 0.5) is 0 Å². The monoisotopic (exact) mass is 204 g/mol. The molecule has 78 valence electrons. The van der Waals surface area contributed by atoms with Gasteiger partial charge in [-0.15, -0.1) is 0 Å². The van der Waals surface area contributed by atoms with E-state index in [9.17, 15) is 4.79 Å². The summed E-state index contributed by atoms with van der Waals surface area (Å²) in [4.78, 5) is 11.0. The van der Waals surface area contributed by atoms with E-state index in [1.807, 2.05) is 31.2 Å². The lowest BCUT2D eigenvalue weighted by atomic mass is 9.96. The molecule has 0 amide bonds. The van der Waals surface area contributed by atoms with Crippen LogP contribution in [0.25, 0.3) is 11.0 Å². The number of furan rings is 1. The minimum atomic E-state index is -0.802. The van der Waals surface area contributed by atoms with Crippen molar-refractivity contribution in [2.24, 2.45) is 0 Å². The van der Waals surface area contributed by atoms with Crippen molar-refractivity contribution in [2.45, 2.75) is 19.3 Å². The summed E-state index contributed by atoms with van der Waals surface area (Å²) in [5.74, 6) is -1.28. The van der Waals surface area contributed by atoms with E-state index >= 15 is 0 Å². The van der Waals surface area contributed by atoms with Gasteiger partial charge in [0.1, 0.15) is 5.58 Å². The Morgan fingerprint density at radius 2 is 2.20 bits per heavy atom. The van der Waals surface area contributed by atoms with Crippen LogP contribution in [0.15, 0.2) is 34.9 Å². The molecular weight excluding hydrogens is 192 g/mol. The summed E-state index contributed by atoms with van der Waals surface area (Å²) in [6, 6.07) is 7.49. The fraction of sp³-hybridized carbons (Fsp3) is 0.250. The van der Waals surface area contributed by atoms with E-state index in [1.54, 1.807) is 6.26 Å². The van der Waals surface area contributed by atoms with Crippen LogP contribution >= 0.6 is 0 Å². The fourth-order valence-electron chi connectivity index (χ4n) is 1.80. The second-order valence-electron chi connectivity index (χ2n) is 3.49. The Balaban J connectivity index is 2.55. The molecule has 0 saturated heterocycles. The Bertz CT molecular complexity index is 484. The fourth-order valence-corrected chi connectivity index (χ4v) is 1.80. The molecule has 1 N–H and O–H groups in total. The molecule has 1 aromatic carbocycles. The van der Waals surface area contributed by atoms with E-state index in [4.69, 9.17) is 9.52 Å². The van der Waals surface area contributed by atoms with E-state index in [1.165, 1.54) is 0 Å². The zero-order valence-corrected chi connectivity index (χ0v) is 8.43. The Morgan fingerprint density at radius 3 is 2.87 bits per heavy atom. The van der Waals surface area contributed by atoms with E-state index in [0.717, 1.165) is 16.5 Å². The van der Waals surface area contributed by atoms with Crippen molar-refractivity contribution in [3.05, 3.63) is 36.1 Å². The number of aliphatic carboxylic acids is 1. The highest BCUT2D eigenvalue weighted by Gasteiger charge is 2.21. The summed E-state index contributed by atoms with van der Waals surface area (Å²) in [5, 5.41) is 9.96. The van der Waals surface area contributed by atoms with Crippen LogP contribution in [-0.4, -0.2) is 11.1 Å². The van der Waals surface area contributed by atoms with E-state index < -0.39 is 11.9 Å². The molecule has 1 aromatic heterocycles. The van der Waals surface area contributed by atoms with Gasteiger partial charge < -0.3 is 9.52 Å². The Hall–Kier alpha value is -1.77. The average molecular weight is 204 g/mol. The number of para-hydroxylation sites is 1. The van der Waals surface area contributed by atoms with Gasteiger partial charge in [0.05, 0.1) is 12.2 Å². The zero-order valence-electron chi connectivity index (χ0n) is 8.43. The standard InChI is InChI=1S/C12H12O3/c1-2-8(12(13)14)10-7-15-11-6-4-3-5-9(10)11/h3-8H,2H2,1H3,(H,13,14)/t8-/m0/s1. The number of carbonyl (C=O) groups is 1. The lowest BCUT2D eigenvalue weighted by Crippen LogP contribution is -2.09.